The van der Waals surface area contributed by atoms with Crippen molar-refractivity contribution >= 4 is 0 Å². The lowest BCUT2D eigenvalue weighted by Crippen LogP contribution is -2.24. The van der Waals surface area contributed by atoms with Gasteiger partial charge in [-0.2, -0.15) is 18.3 Å². The van der Waals surface area contributed by atoms with Crippen LogP contribution in [0.3, 0.4) is 0 Å². The second-order valence-electron chi connectivity index (χ2n) is 4.48. The highest BCUT2D eigenvalue weighted by molar-refractivity contribution is 5.47. The lowest BCUT2D eigenvalue weighted by atomic mass is 9.99. The summed E-state index contributed by atoms with van der Waals surface area (Å²) < 4.78 is 39.0. The Bertz CT molecular complexity index is 601. The van der Waals surface area contributed by atoms with Crippen molar-refractivity contribution in [1.29, 1.82) is 0 Å². The fourth-order valence-electron chi connectivity index (χ4n) is 2.34. The molecule has 0 radical (unpaired) electrons. The largest absolute Gasteiger partial charge is 0.435 e. The van der Waals surface area contributed by atoms with Crippen LogP contribution in [0.15, 0.2) is 30.5 Å². The number of benzene rings is 1. The Morgan fingerprint density at radius 1 is 1.21 bits per heavy atom. The maximum Gasteiger partial charge on any atom is 0.435 e. The summed E-state index contributed by atoms with van der Waals surface area (Å²) in [5.74, 6) is 0. The number of nitrogens with one attached hydrogen (secondary N) is 1. The van der Waals surface area contributed by atoms with E-state index in [-0.39, 0.29) is 0 Å². The monoisotopic (exact) mass is 267 g/mol. The van der Waals surface area contributed by atoms with Crippen LogP contribution >= 0.6 is 0 Å². The van der Waals surface area contributed by atoms with Gasteiger partial charge in [0.05, 0.1) is 5.69 Å². The summed E-state index contributed by atoms with van der Waals surface area (Å²) in [6, 6.07) is 6.63. The number of fused-ring (bicyclic) bond motifs is 1. The van der Waals surface area contributed by atoms with Crippen LogP contribution in [-0.2, 0) is 19.1 Å². The van der Waals surface area contributed by atoms with Crippen LogP contribution in [0.25, 0.3) is 5.69 Å². The van der Waals surface area contributed by atoms with E-state index in [1.165, 1.54) is 10.9 Å². The van der Waals surface area contributed by atoms with E-state index in [0.29, 0.717) is 0 Å². The van der Waals surface area contributed by atoms with Crippen molar-refractivity contribution in [2.45, 2.75) is 19.1 Å². The van der Waals surface area contributed by atoms with Gasteiger partial charge < -0.3 is 5.32 Å². The molecule has 2 aromatic rings. The minimum atomic E-state index is -4.40. The molecule has 0 unspecified atom stereocenters. The Kier molecular flexibility index (Phi) is 2.82. The Balaban J connectivity index is 2.05. The van der Waals surface area contributed by atoms with Gasteiger partial charge in [0.1, 0.15) is 0 Å². The number of alkyl halides is 3. The Labute approximate surface area is 108 Å². The second kappa shape index (κ2) is 4.38. The number of halogens is 3. The summed E-state index contributed by atoms with van der Waals surface area (Å²) in [4.78, 5) is 0. The summed E-state index contributed by atoms with van der Waals surface area (Å²) in [6.45, 7) is 1.58. The zero-order valence-electron chi connectivity index (χ0n) is 10.0. The van der Waals surface area contributed by atoms with Crippen LogP contribution in [0.1, 0.15) is 16.8 Å². The van der Waals surface area contributed by atoms with Gasteiger partial charge in [-0.25, -0.2) is 4.68 Å². The van der Waals surface area contributed by atoms with Crippen LogP contribution in [0, 0.1) is 0 Å². The van der Waals surface area contributed by atoms with Crippen molar-refractivity contribution in [2.75, 3.05) is 6.54 Å². The Morgan fingerprint density at radius 2 is 2.05 bits per heavy atom. The normalized spacial score (nSPS) is 15.3. The number of hydrogen-bond acceptors (Lipinski definition) is 2. The zero-order valence-corrected chi connectivity index (χ0v) is 10.0. The standard InChI is InChI=1S/C13H12F3N3/c14-13(15,16)12-5-7-19(18-12)11-3-1-2-9-8-17-6-4-10(9)11/h1-3,5,7,17H,4,6,8H2. The molecule has 1 aromatic carbocycles. The fourth-order valence-corrected chi connectivity index (χ4v) is 2.34. The first-order valence-electron chi connectivity index (χ1n) is 6.00. The van der Waals surface area contributed by atoms with Gasteiger partial charge in [-0.15, -0.1) is 0 Å². The molecule has 6 heteroatoms. The van der Waals surface area contributed by atoms with Crippen molar-refractivity contribution in [3.05, 3.63) is 47.3 Å². The van der Waals surface area contributed by atoms with E-state index < -0.39 is 11.9 Å². The molecule has 1 aliphatic heterocycles. The second-order valence-corrected chi connectivity index (χ2v) is 4.48. The van der Waals surface area contributed by atoms with E-state index in [4.69, 9.17) is 0 Å². The molecule has 19 heavy (non-hydrogen) atoms. The topological polar surface area (TPSA) is 29.9 Å². The van der Waals surface area contributed by atoms with Gasteiger partial charge in [-0.1, -0.05) is 12.1 Å². The molecule has 1 N–H and O–H groups in total. The van der Waals surface area contributed by atoms with Crippen molar-refractivity contribution in [1.82, 2.24) is 15.1 Å². The minimum Gasteiger partial charge on any atom is -0.312 e. The first-order chi connectivity index (χ1) is 9.05. The third kappa shape index (κ3) is 2.23. The van der Waals surface area contributed by atoms with E-state index in [1.54, 1.807) is 6.07 Å². The highest BCUT2D eigenvalue weighted by Crippen LogP contribution is 2.29. The molecule has 1 aliphatic rings. The highest BCUT2D eigenvalue weighted by atomic mass is 19.4. The van der Waals surface area contributed by atoms with Crippen LogP contribution < -0.4 is 5.32 Å². The summed E-state index contributed by atoms with van der Waals surface area (Å²) in [5.41, 5.74) is 2.06. The lowest BCUT2D eigenvalue weighted by molar-refractivity contribution is -0.141. The smallest absolute Gasteiger partial charge is 0.312 e. The van der Waals surface area contributed by atoms with E-state index in [9.17, 15) is 13.2 Å². The molecule has 0 spiro atoms. The predicted molar refractivity (Wildman–Crippen MR) is 64.0 cm³/mol. The first kappa shape index (κ1) is 12.2. The van der Waals surface area contributed by atoms with E-state index in [1.807, 2.05) is 12.1 Å². The molecular weight excluding hydrogens is 255 g/mol. The average molecular weight is 267 g/mol. The quantitative estimate of drug-likeness (QED) is 0.860. The first-order valence-corrected chi connectivity index (χ1v) is 6.00. The van der Waals surface area contributed by atoms with Crippen LogP contribution in [0.2, 0.25) is 0 Å². The SMILES string of the molecule is FC(F)(F)c1ccn(-c2cccc3c2CCNC3)n1. The van der Waals surface area contributed by atoms with Crippen LogP contribution in [0.4, 0.5) is 13.2 Å². The van der Waals surface area contributed by atoms with Gasteiger partial charge in [0.25, 0.3) is 0 Å². The molecular formula is C13H12F3N3. The maximum atomic E-state index is 12.6. The number of nitrogens with zero attached hydrogens (tertiary/aromatic N) is 2. The van der Waals surface area contributed by atoms with Crippen LogP contribution in [0.5, 0.6) is 0 Å². The van der Waals surface area contributed by atoms with Gasteiger partial charge in [-0.05, 0) is 36.2 Å². The van der Waals surface area contributed by atoms with Crippen molar-refractivity contribution in [3.63, 3.8) is 0 Å². The predicted octanol–water partition coefficient (Wildman–Crippen LogP) is 2.54. The number of hydrogen-bond donors (Lipinski definition) is 1. The maximum absolute atomic E-state index is 12.6. The van der Waals surface area contributed by atoms with Gasteiger partial charge >= 0.3 is 6.18 Å². The molecule has 0 saturated carbocycles. The molecule has 100 valence electrons. The van der Waals surface area contributed by atoms with E-state index in [2.05, 4.69) is 10.4 Å². The molecule has 0 fully saturated rings. The summed E-state index contributed by atoms with van der Waals surface area (Å²) >= 11 is 0. The van der Waals surface area contributed by atoms with Crippen LogP contribution in [-0.4, -0.2) is 16.3 Å². The summed E-state index contributed by atoms with van der Waals surface area (Å²) in [6.07, 6.45) is -2.24. The molecule has 3 rings (SSSR count). The highest BCUT2D eigenvalue weighted by Gasteiger charge is 2.33. The van der Waals surface area contributed by atoms with Gasteiger partial charge in [0, 0.05) is 12.7 Å². The van der Waals surface area contributed by atoms with Crippen molar-refractivity contribution in [2.24, 2.45) is 0 Å². The third-order valence-electron chi connectivity index (χ3n) is 3.24. The third-order valence-corrected chi connectivity index (χ3v) is 3.24. The molecule has 0 atom stereocenters. The average Bonchev–Trinajstić information content (AvgIpc) is 2.87. The van der Waals surface area contributed by atoms with Crippen molar-refractivity contribution in [3.8, 4) is 5.69 Å². The van der Waals surface area contributed by atoms with E-state index >= 15 is 0 Å². The minimum absolute atomic E-state index is 0.731. The lowest BCUT2D eigenvalue weighted by Gasteiger charge is -2.20. The number of aromatic nitrogens is 2. The molecule has 1 aromatic heterocycles. The molecule has 2 heterocycles. The fraction of sp³-hybridized carbons (Fsp3) is 0.308. The number of rotatable bonds is 1. The Hall–Kier alpha value is -1.82. The zero-order chi connectivity index (χ0) is 13.5. The molecule has 0 amide bonds. The van der Waals surface area contributed by atoms with Gasteiger partial charge in [0.2, 0.25) is 0 Å². The van der Waals surface area contributed by atoms with Gasteiger partial charge in [-0.3, -0.25) is 0 Å². The molecule has 3 nitrogen and oxygen atoms in total. The summed E-state index contributed by atoms with van der Waals surface area (Å²) in [5, 5.41) is 6.87. The van der Waals surface area contributed by atoms with E-state index in [0.717, 1.165) is 42.4 Å². The Morgan fingerprint density at radius 3 is 2.79 bits per heavy atom. The molecule has 0 aliphatic carbocycles. The van der Waals surface area contributed by atoms with Crippen molar-refractivity contribution < 1.29 is 13.2 Å². The van der Waals surface area contributed by atoms with Gasteiger partial charge in [0.15, 0.2) is 5.69 Å². The summed E-state index contributed by atoms with van der Waals surface area (Å²) in [7, 11) is 0. The molecule has 0 bridgehead atoms. The molecule has 0 saturated heterocycles.